The fraction of sp³-hybridized carbons (Fsp3) is 0.0638. The number of furan rings is 1. The molecule has 0 saturated carbocycles. The van der Waals surface area contributed by atoms with Crippen molar-refractivity contribution in [1.82, 2.24) is 14.5 Å². The van der Waals surface area contributed by atoms with Crippen molar-refractivity contribution in [1.29, 1.82) is 0 Å². The Hall–Kier alpha value is -6.52. The van der Waals surface area contributed by atoms with Crippen molar-refractivity contribution in [3.8, 4) is 39.5 Å². The topological polar surface area (TPSA) is 43.9 Å². The Morgan fingerprint density at radius 3 is 1.98 bits per heavy atom. The molecule has 1 aliphatic carbocycles. The number of fused-ring (bicyclic) bond motifs is 13. The van der Waals surface area contributed by atoms with E-state index in [1.807, 2.05) is 18.2 Å². The normalized spacial score (nSPS) is 13.5. The molecule has 0 atom stereocenters. The predicted molar refractivity (Wildman–Crippen MR) is 210 cm³/mol. The molecular weight excluding hydrogens is 623 g/mol. The summed E-state index contributed by atoms with van der Waals surface area (Å²) in [5.41, 5.74) is 12.8. The maximum absolute atomic E-state index is 6.56. The van der Waals surface area contributed by atoms with Gasteiger partial charge in [-0.15, -0.1) is 0 Å². The molecule has 240 valence electrons. The van der Waals surface area contributed by atoms with E-state index in [1.165, 1.54) is 49.4 Å². The quantitative estimate of drug-likeness (QED) is 0.191. The van der Waals surface area contributed by atoms with Gasteiger partial charge in [-0.2, -0.15) is 4.98 Å². The fourth-order valence-electron chi connectivity index (χ4n) is 8.77. The minimum Gasteiger partial charge on any atom is -0.437 e. The Balaban J connectivity index is 1.28. The van der Waals surface area contributed by atoms with Crippen LogP contribution in [0.5, 0.6) is 0 Å². The highest BCUT2D eigenvalue weighted by Gasteiger charge is 2.40. The maximum atomic E-state index is 6.56. The summed E-state index contributed by atoms with van der Waals surface area (Å²) in [6, 6.07) is 53.8. The Bertz CT molecular complexity index is 3040. The summed E-state index contributed by atoms with van der Waals surface area (Å²) < 4.78 is 8.86. The van der Waals surface area contributed by atoms with Gasteiger partial charge in [0.15, 0.2) is 0 Å². The summed E-state index contributed by atoms with van der Waals surface area (Å²) in [4.78, 5) is 10.8. The van der Waals surface area contributed by atoms with E-state index in [1.54, 1.807) is 0 Å². The van der Waals surface area contributed by atoms with Gasteiger partial charge in [-0.3, -0.25) is 4.57 Å². The molecule has 1 aliphatic rings. The van der Waals surface area contributed by atoms with Crippen molar-refractivity contribution >= 4 is 54.6 Å². The Morgan fingerprint density at radius 1 is 0.529 bits per heavy atom. The third kappa shape index (κ3) is 3.85. The SMILES string of the molecule is CC1(C)c2ccccc2-c2c1c1c(c3ccccc23)c2ccccc2n1-c1nc(-c2ccc(-c3ccccc3)cc2)c2c(n1)oc1ccccc12. The largest absolute Gasteiger partial charge is 0.437 e. The summed E-state index contributed by atoms with van der Waals surface area (Å²) >= 11 is 0. The Labute approximate surface area is 294 Å². The van der Waals surface area contributed by atoms with Gasteiger partial charge < -0.3 is 4.42 Å². The molecule has 10 aromatic rings. The molecule has 0 fully saturated rings. The van der Waals surface area contributed by atoms with Crippen molar-refractivity contribution in [2.75, 3.05) is 0 Å². The molecular formula is C47H31N3O. The van der Waals surface area contributed by atoms with Crippen LogP contribution >= 0.6 is 0 Å². The van der Waals surface area contributed by atoms with E-state index < -0.39 is 0 Å². The van der Waals surface area contributed by atoms with Gasteiger partial charge in [-0.1, -0.05) is 153 Å². The van der Waals surface area contributed by atoms with E-state index >= 15 is 0 Å². The lowest BCUT2D eigenvalue weighted by atomic mass is 9.80. The molecule has 11 rings (SSSR count). The van der Waals surface area contributed by atoms with Crippen LogP contribution in [0.2, 0.25) is 0 Å². The second kappa shape index (κ2) is 10.3. The van der Waals surface area contributed by atoms with Gasteiger partial charge in [0, 0.05) is 27.1 Å². The Kier molecular flexibility index (Phi) is 5.70. The third-order valence-corrected chi connectivity index (χ3v) is 11.0. The van der Waals surface area contributed by atoms with Crippen LogP contribution in [0.4, 0.5) is 0 Å². The van der Waals surface area contributed by atoms with Gasteiger partial charge in [-0.05, 0) is 56.3 Å². The van der Waals surface area contributed by atoms with Gasteiger partial charge >= 0.3 is 0 Å². The molecule has 4 heteroatoms. The summed E-state index contributed by atoms with van der Waals surface area (Å²) in [5.74, 6) is 0.596. The zero-order valence-electron chi connectivity index (χ0n) is 28.2. The van der Waals surface area contributed by atoms with Crippen molar-refractivity contribution in [3.05, 3.63) is 163 Å². The van der Waals surface area contributed by atoms with Gasteiger partial charge in [-0.25, -0.2) is 4.98 Å². The predicted octanol–water partition coefficient (Wildman–Crippen LogP) is 12.3. The number of hydrogen-bond acceptors (Lipinski definition) is 3. The van der Waals surface area contributed by atoms with Crippen LogP contribution in [0.3, 0.4) is 0 Å². The van der Waals surface area contributed by atoms with Crippen molar-refractivity contribution < 1.29 is 4.42 Å². The number of para-hydroxylation sites is 2. The van der Waals surface area contributed by atoms with E-state index in [-0.39, 0.29) is 5.41 Å². The smallest absolute Gasteiger partial charge is 0.238 e. The number of hydrogen-bond donors (Lipinski definition) is 0. The number of rotatable bonds is 3. The molecule has 0 unspecified atom stereocenters. The molecule has 0 radical (unpaired) electrons. The van der Waals surface area contributed by atoms with Crippen LogP contribution in [0.25, 0.3) is 94.1 Å². The van der Waals surface area contributed by atoms with Gasteiger partial charge in [0.2, 0.25) is 11.7 Å². The molecule has 0 N–H and O–H groups in total. The average Bonchev–Trinajstić information content (AvgIpc) is 3.81. The van der Waals surface area contributed by atoms with Gasteiger partial charge in [0.1, 0.15) is 5.58 Å². The summed E-state index contributed by atoms with van der Waals surface area (Å²) in [6.45, 7) is 4.72. The first kappa shape index (κ1) is 28.3. The highest BCUT2D eigenvalue weighted by atomic mass is 16.3. The van der Waals surface area contributed by atoms with Crippen LogP contribution in [-0.4, -0.2) is 14.5 Å². The standard InChI is InChI=1S/C47H31N3O/c1-47(2)36-21-11-8-18-33(36)39-31-16-6-7-17-32(31)40-34-19-9-12-22-37(34)50(44(40)42(39)47)46-48-43(41-35-20-10-13-23-38(35)51-45(41)49-46)30-26-24-29(25-27-30)28-14-4-3-5-15-28/h3-27H,1-2H3. The Morgan fingerprint density at radius 2 is 1.16 bits per heavy atom. The van der Waals surface area contributed by atoms with E-state index in [2.05, 4.69) is 152 Å². The zero-order chi connectivity index (χ0) is 33.8. The molecule has 0 saturated heterocycles. The summed E-state index contributed by atoms with van der Waals surface area (Å²) in [6.07, 6.45) is 0. The first-order valence-corrected chi connectivity index (χ1v) is 17.5. The molecule has 0 amide bonds. The second-order valence-corrected chi connectivity index (χ2v) is 14.1. The molecule has 51 heavy (non-hydrogen) atoms. The van der Waals surface area contributed by atoms with Crippen molar-refractivity contribution in [2.45, 2.75) is 19.3 Å². The molecule has 4 nitrogen and oxygen atoms in total. The number of aromatic nitrogens is 3. The van der Waals surface area contributed by atoms with E-state index in [4.69, 9.17) is 14.4 Å². The molecule has 0 spiro atoms. The maximum Gasteiger partial charge on any atom is 0.238 e. The molecule has 3 heterocycles. The van der Waals surface area contributed by atoms with Crippen molar-refractivity contribution in [2.24, 2.45) is 0 Å². The number of benzene rings is 7. The van der Waals surface area contributed by atoms with E-state index in [0.717, 1.165) is 44.2 Å². The third-order valence-electron chi connectivity index (χ3n) is 11.0. The highest BCUT2D eigenvalue weighted by molar-refractivity contribution is 6.27. The van der Waals surface area contributed by atoms with Crippen LogP contribution in [0.1, 0.15) is 25.0 Å². The van der Waals surface area contributed by atoms with E-state index in [9.17, 15) is 0 Å². The van der Waals surface area contributed by atoms with Crippen LogP contribution < -0.4 is 0 Å². The van der Waals surface area contributed by atoms with Crippen LogP contribution in [0, 0.1) is 0 Å². The zero-order valence-corrected chi connectivity index (χ0v) is 28.2. The molecule has 0 aliphatic heterocycles. The fourth-order valence-corrected chi connectivity index (χ4v) is 8.77. The molecule has 7 aromatic carbocycles. The average molecular weight is 654 g/mol. The lowest BCUT2D eigenvalue weighted by Crippen LogP contribution is -2.17. The minimum absolute atomic E-state index is 0.264. The van der Waals surface area contributed by atoms with Gasteiger partial charge in [0.25, 0.3) is 0 Å². The minimum atomic E-state index is -0.264. The number of nitrogens with zero attached hydrogens (tertiary/aromatic N) is 3. The highest BCUT2D eigenvalue weighted by Crippen LogP contribution is 2.56. The van der Waals surface area contributed by atoms with Gasteiger partial charge in [0.05, 0.1) is 22.1 Å². The summed E-state index contributed by atoms with van der Waals surface area (Å²) in [5, 5.41) is 6.84. The first-order valence-electron chi connectivity index (χ1n) is 17.5. The van der Waals surface area contributed by atoms with Crippen molar-refractivity contribution in [3.63, 3.8) is 0 Å². The molecule has 3 aromatic heterocycles. The second-order valence-electron chi connectivity index (χ2n) is 14.1. The monoisotopic (exact) mass is 653 g/mol. The summed E-state index contributed by atoms with van der Waals surface area (Å²) in [7, 11) is 0. The van der Waals surface area contributed by atoms with Crippen LogP contribution in [0.15, 0.2) is 156 Å². The lowest BCUT2D eigenvalue weighted by molar-refractivity contribution is 0.650. The first-order chi connectivity index (χ1) is 25.1. The van der Waals surface area contributed by atoms with Crippen LogP contribution in [-0.2, 0) is 5.41 Å². The van der Waals surface area contributed by atoms with E-state index in [0.29, 0.717) is 11.7 Å². The lowest BCUT2D eigenvalue weighted by Gasteiger charge is -2.24. The molecule has 0 bridgehead atoms.